The Labute approximate surface area is 141 Å². The smallest absolute Gasteiger partial charge is 0.0192 e. The van der Waals surface area contributed by atoms with Gasteiger partial charge in [-0.1, -0.05) is 82.6 Å². The standard InChI is InChI=1S/C22H44/c1-12-17-18(6,7)21(13-2,14-3)20(10,11)22(15-4,16-5)19(17,8)9/h17H,12-16H2,1-11H3. The quantitative estimate of drug-likeness (QED) is 0.487. The van der Waals surface area contributed by atoms with Crippen LogP contribution in [0, 0.1) is 33.0 Å². The first-order valence-electron chi connectivity index (χ1n) is 9.94. The number of rotatable bonds is 5. The van der Waals surface area contributed by atoms with Crippen molar-refractivity contribution in [3.05, 3.63) is 0 Å². The molecular formula is C22H44. The molecular weight excluding hydrogens is 264 g/mol. The van der Waals surface area contributed by atoms with Crippen LogP contribution in [0.2, 0.25) is 0 Å². The topological polar surface area (TPSA) is 0 Å². The summed E-state index contributed by atoms with van der Waals surface area (Å²) in [6, 6.07) is 0. The summed E-state index contributed by atoms with van der Waals surface area (Å²) in [6.07, 6.45) is 6.52. The largest absolute Gasteiger partial charge is 0.0651 e. The lowest BCUT2D eigenvalue weighted by molar-refractivity contribution is -0.279. The van der Waals surface area contributed by atoms with Crippen LogP contribution in [0.3, 0.4) is 0 Å². The Hall–Kier alpha value is 0. The van der Waals surface area contributed by atoms with Gasteiger partial charge >= 0.3 is 0 Å². The van der Waals surface area contributed by atoms with Crippen molar-refractivity contribution in [1.82, 2.24) is 0 Å². The van der Waals surface area contributed by atoms with Gasteiger partial charge in [-0.05, 0) is 58.7 Å². The van der Waals surface area contributed by atoms with Gasteiger partial charge < -0.3 is 0 Å². The molecule has 0 nitrogen and oxygen atoms in total. The van der Waals surface area contributed by atoms with E-state index < -0.39 is 0 Å². The second-order valence-electron chi connectivity index (χ2n) is 9.61. The van der Waals surface area contributed by atoms with Crippen LogP contribution >= 0.6 is 0 Å². The molecule has 1 aliphatic carbocycles. The Morgan fingerprint density at radius 1 is 0.545 bits per heavy atom. The number of hydrogen-bond acceptors (Lipinski definition) is 0. The molecule has 0 aromatic carbocycles. The highest BCUT2D eigenvalue weighted by Gasteiger charge is 2.71. The zero-order valence-electron chi connectivity index (χ0n) is 17.6. The Bertz CT molecular complexity index is 341. The third-order valence-corrected chi connectivity index (χ3v) is 9.42. The van der Waals surface area contributed by atoms with E-state index in [1.807, 2.05) is 0 Å². The number of hydrogen-bond donors (Lipinski definition) is 0. The molecule has 0 unspecified atom stereocenters. The van der Waals surface area contributed by atoms with E-state index in [0.29, 0.717) is 27.1 Å². The summed E-state index contributed by atoms with van der Waals surface area (Å²) in [5.41, 5.74) is 1.95. The summed E-state index contributed by atoms with van der Waals surface area (Å²) >= 11 is 0. The highest BCUT2D eigenvalue weighted by molar-refractivity contribution is 5.19. The predicted molar refractivity (Wildman–Crippen MR) is 101 cm³/mol. The average Bonchev–Trinajstić information content (AvgIpc) is 2.40. The van der Waals surface area contributed by atoms with Crippen molar-refractivity contribution < 1.29 is 0 Å². The first-order chi connectivity index (χ1) is 9.94. The Morgan fingerprint density at radius 2 is 0.818 bits per heavy atom. The molecule has 1 fully saturated rings. The zero-order chi connectivity index (χ0) is 17.6. The van der Waals surface area contributed by atoms with Crippen molar-refractivity contribution in [2.24, 2.45) is 33.0 Å². The summed E-state index contributed by atoms with van der Waals surface area (Å²) in [5, 5.41) is 0. The SMILES string of the molecule is CCC1C(C)(C)C(CC)(CC)C(C)(C)C(CC)(CC)C1(C)C. The second kappa shape index (κ2) is 5.82. The molecule has 22 heavy (non-hydrogen) atoms. The maximum atomic E-state index is 2.61. The van der Waals surface area contributed by atoms with Crippen LogP contribution in [0.15, 0.2) is 0 Å². The van der Waals surface area contributed by atoms with Crippen LogP contribution in [0.5, 0.6) is 0 Å². The highest BCUT2D eigenvalue weighted by atomic mass is 14.8. The Balaban J connectivity index is 3.84. The fourth-order valence-corrected chi connectivity index (χ4v) is 8.75. The van der Waals surface area contributed by atoms with Crippen molar-refractivity contribution in [1.29, 1.82) is 0 Å². The van der Waals surface area contributed by atoms with Gasteiger partial charge in [0.25, 0.3) is 0 Å². The average molecular weight is 309 g/mol. The highest BCUT2D eigenvalue weighted by Crippen LogP contribution is 2.78. The van der Waals surface area contributed by atoms with Crippen molar-refractivity contribution in [3.63, 3.8) is 0 Å². The van der Waals surface area contributed by atoms with E-state index in [4.69, 9.17) is 0 Å². The normalized spacial score (nSPS) is 28.5. The summed E-state index contributed by atoms with van der Waals surface area (Å²) in [7, 11) is 0. The van der Waals surface area contributed by atoms with Crippen LogP contribution in [-0.2, 0) is 0 Å². The maximum Gasteiger partial charge on any atom is -0.0192 e. The lowest BCUT2D eigenvalue weighted by atomic mass is 9.28. The third kappa shape index (κ3) is 1.88. The van der Waals surface area contributed by atoms with Crippen LogP contribution in [0.25, 0.3) is 0 Å². The molecule has 0 radical (unpaired) electrons. The summed E-state index contributed by atoms with van der Waals surface area (Å²) in [4.78, 5) is 0. The van der Waals surface area contributed by atoms with E-state index in [1.54, 1.807) is 0 Å². The third-order valence-electron chi connectivity index (χ3n) is 9.42. The summed E-state index contributed by atoms with van der Waals surface area (Å²) in [6.45, 7) is 27.8. The van der Waals surface area contributed by atoms with Crippen LogP contribution in [0.1, 0.15) is 108 Å². The molecule has 0 aromatic rings. The van der Waals surface area contributed by atoms with E-state index in [2.05, 4.69) is 76.2 Å². The molecule has 1 rings (SSSR count). The van der Waals surface area contributed by atoms with Gasteiger partial charge in [-0.25, -0.2) is 0 Å². The van der Waals surface area contributed by atoms with Gasteiger partial charge in [0.15, 0.2) is 0 Å². The molecule has 0 N–H and O–H groups in total. The van der Waals surface area contributed by atoms with Gasteiger partial charge in [0.05, 0.1) is 0 Å². The molecule has 132 valence electrons. The summed E-state index contributed by atoms with van der Waals surface area (Å²) < 4.78 is 0. The molecule has 1 aliphatic rings. The van der Waals surface area contributed by atoms with Crippen molar-refractivity contribution in [2.75, 3.05) is 0 Å². The minimum atomic E-state index is 0.353. The monoisotopic (exact) mass is 308 g/mol. The molecule has 0 aliphatic heterocycles. The minimum absolute atomic E-state index is 0.353. The molecule has 0 amide bonds. The van der Waals surface area contributed by atoms with Crippen molar-refractivity contribution in [3.8, 4) is 0 Å². The Morgan fingerprint density at radius 3 is 1.00 bits per heavy atom. The fourth-order valence-electron chi connectivity index (χ4n) is 8.75. The van der Waals surface area contributed by atoms with E-state index >= 15 is 0 Å². The maximum absolute atomic E-state index is 2.61. The fraction of sp³-hybridized carbons (Fsp3) is 1.00. The van der Waals surface area contributed by atoms with Gasteiger partial charge in [0.1, 0.15) is 0 Å². The second-order valence-corrected chi connectivity index (χ2v) is 9.61. The minimum Gasteiger partial charge on any atom is -0.0651 e. The van der Waals surface area contributed by atoms with Crippen molar-refractivity contribution in [2.45, 2.75) is 108 Å². The van der Waals surface area contributed by atoms with Gasteiger partial charge in [-0.2, -0.15) is 0 Å². The lowest BCUT2D eigenvalue weighted by Gasteiger charge is -2.76. The molecule has 0 spiro atoms. The first-order valence-corrected chi connectivity index (χ1v) is 9.94. The molecule has 0 heteroatoms. The van der Waals surface area contributed by atoms with E-state index in [-0.39, 0.29) is 0 Å². The molecule has 1 saturated carbocycles. The molecule has 0 aromatic heterocycles. The molecule has 0 heterocycles. The van der Waals surface area contributed by atoms with Crippen LogP contribution in [-0.4, -0.2) is 0 Å². The predicted octanol–water partition coefficient (Wildman–Crippen LogP) is 7.72. The van der Waals surface area contributed by atoms with E-state index in [1.165, 1.54) is 32.1 Å². The van der Waals surface area contributed by atoms with Gasteiger partial charge in [0.2, 0.25) is 0 Å². The zero-order valence-corrected chi connectivity index (χ0v) is 17.6. The molecule has 0 atom stereocenters. The van der Waals surface area contributed by atoms with Gasteiger partial charge in [-0.15, -0.1) is 0 Å². The van der Waals surface area contributed by atoms with Crippen molar-refractivity contribution >= 4 is 0 Å². The van der Waals surface area contributed by atoms with Gasteiger partial charge in [-0.3, -0.25) is 0 Å². The lowest BCUT2D eigenvalue weighted by Crippen LogP contribution is -2.70. The van der Waals surface area contributed by atoms with Crippen LogP contribution < -0.4 is 0 Å². The van der Waals surface area contributed by atoms with E-state index in [0.717, 1.165) is 5.92 Å². The molecule has 0 saturated heterocycles. The molecule has 0 bridgehead atoms. The first kappa shape index (κ1) is 20.0. The summed E-state index contributed by atoms with van der Waals surface area (Å²) in [5.74, 6) is 0.785. The van der Waals surface area contributed by atoms with E-state index in [9.17, 15) is 0 Å². The van der Waals surface area contributed by atoms with Gasteiger partial charge in [0, 0.05) is 0 Å². The van der Waals surface area contributed by atoms with Crippen LogP contribution in [0.4, 0.5) is 0 Å². The Kier molecular flexibility index (Phi) is 5.30.